The highest BCUT2D eigenvalue weighted by molar-refractivity contribution is 6.05. The summed E-state index contributed by atoms with van der Waals surface area (Å²) in [6.07, 6.45) is 0. The van der Waals surface area contributed by atoms with Crippen LogP contribution >= 0.6 is 0 Å². The normalized spacial score (nSPS) is 13.9. The fraction of sp³-hybridized carbons (Fsp3) is 0.222. The van der Waals surface area contributed by atoms with Gasteiger partial charge in [0.25, 0.3) is 0 Å². The molecule has 6 nitrogen and oxygen atoms in total. The van der Waals surface area contributed by atoms with Gasteiger partial charge in [0, 0.05) is 5.69 Å². The molecule has 1 fully saturated rings. The van der Waals surface area contributed by atoms with Gasteiger partial charge in [0.05, 0.1) is 32.0 Å². The van der Waals surface area contributed by atoms with Crippen molar-refractivity contribution in [3.63, 3.8) is 0 Å². The average molecular weight is 325 g/mol. The van der Waals surface area contributed by atoms with E-state index in [0.29, 0.717) is 19.2 Å². The van der Waals surface area contributed by atoms with Gasteiger partial charge in [0.2, 0.25) is 0 Å². The number of carbonyl (C=O) groups excluding carboxylic acids is 1. The summed E-state index contributed by atoms with van der Waals surface area (Å²) in [4.78, 5) is 12.3. The Labute approximate surface area is 141 Å². The summed E-state index contributed by atoms with van der Waals surface area (Å²) in [5, 5.41) is 9.02. The van der Waals surface area contributed by atoms with E-state index in [1.807, 2.05) is 60.7 Å². The molecule has 0 unspecified atom stereocenters. The fourth-order valence-electron chi connectivity index (χ4n) is 2.43. The Morgan fingerprint density at radius 3 is 1.96 bits per heavy atom. The molecule has 1 heterocycles. The minimum absolute atomic E-state index is 0.286. The highest BCUT2D eigenvalue weighted by Crippen LogP contribution is 2.06. The number of para-hydroxylation sites is 2. The molecular weight excluding hydrogens is 304 g/mol. The van der Waals surface area contributed by atoms with Crippen LogP contribution in [0.25, 0.3) is 0 Å². The third-order valence-corrected chi connectivity index (χ3v) is 3.63. The van der Waals surface area contributed by atoms with Gasteiger partial charge in [-0.25, -0.2) is 10.1 Å². The first-order valence-electron chi connectivity index (χ1n) is 7.96. The lowest BCUT2D eigenvalue weighted by Gasteiger charge is -2.18. The molecule has 3 N–H and O–H groups in total. The molecule has 0 spiro atoms. The van der Waals surface area contributed by atoms with Gasteiger partial charge >= 0.3 is 12.0 Å². The highest BCUT2D eigenvalue weighted by atomic mass is 16.5. The van der Waals surface area contributed by atoms with E-state index in [9.17, 15) is 4.79 Å². The van der Waals surface area contributed by atoms with E-state index < -0.39 is 0 Å². The number of morpholine rings is 1. The summed E-state index contributed by atoms with van der Waals surface area (Å²) in [7, 11) is 0. The molecule has 2 amide bonds. The van der Waals surface area contributed by atoms with E-state index in [0.717, 1.165) is 24.5 Å². The van der Waals surface area contributed by atoms with Crippen molar-refractivity contribution in [2.45, 2.75) is 0 Å². The van der Waals surface area contributed by atoms with E-state index in [1.54, 1.807) is 0 Å². The summed E-state index contributed by atoms with van der Waals surface area (Å²) in [6.45, 7) is 2.73. The maximum absolute atomic E-state index is 12.3. The smallest absolute Gasteiger partial charge is 0.375 e. The zero-order chi connectivity index (χ0) is 16.6. The molecule has 0 aromatic heterocycles. The molecule has 0 saturated carbocycles. The molecule has 1 aliphatic heterocycles. The topological polar surface area (TPSA) is 65.4 Å². The summed E-state index contributed by atoms with van der Waals surface area (Å²) < 4.78 is 7.46. The number of benzene rings is 2. The summed E-state index contributed by atoms with van der Waals surface area (Å²) in [5.41, 5.74) is 1.66. The van der Waals surface area contributed by atoms with Crippen molar-refractivity contribution in [2.75, 3.05) is 36.9 Å². The van der Waals surface area contributed by atoms with E-state index in [1.165, 1.54) is 0 Å². The molecule has 6 heteroatoms. The maximum Gasteiger partial charge on any atom is 0.384 e. The first-order chi connectivity index (χ1) is 11.8. The number of nitrogens with zero attached hydrogens (tertiary/aromatic N) is 1. The minimum atomic E-state index is -0.286. The van der Waals surface area contributed by atoms with Crippen LogP contribution in [0.15, 0.2) is 60.7 Å². The largest absolute Gasteiger partial charge is 0.384 e. The van der Waals surface area contributed by atoms with Crippen molar-refractivity contribution in [2.24, 2.45) is 0 Å². The lowest BCUT2D eigenvalue weighted by atomic mass is 10.3. The predicted octanol–water partition coefficient (Wildman–Crippen LogP) is 2.32. The fourth-order valence-corrected chi connectivity index (χ4v) is 2.43. The standard InChI is InChI=1S/C18H20N4O2/c23-18(20-16-9-5-2-6-10-16)21-17(22-11-13-24-14-12-22)19-15-7-3-1-4-8-15/h1-10H,11-14H2,(H2,19,20,21,23)/p+1. The Kier molecular flexibility index (Phi) is 5.42. The molecule has 0 atom stereocenters. The molecule has 2 aromatic rings. The van der Waals surface area contributed by atoms with Gasteiger partial charge in [-0.15, -0.1) is 0 Å². The predicted molar refractivity (Wildman–Crippen MR) is 94.5 cm³/mol. The van der Waals surface area contributed by atoms with Crippen molar-refractivity contribution >= 4 is 23.4 Å². The van der Waals surface area contributed by atoms with Crippen molar-refractivity contribution in [1.82, 2.24) is 5.32 Å². The molecular formula is C18H21N4O2+. The summed E-state index contributed by atoms with van der Waals surface area (Å²) >= 11 is 0. The minimum Gasteiger partial charge on any atom is -0.375 e. The zero-order valence-corrected chi connectivity index (χ0v) is 13.4. The monoisotopic (exact) mass is 325 g/mol. The van der Waals surface area contributed by atoms with Gasteiger partial charge in [0.1, 0.15) is 0 Å². The maximum atomic E-state index is 12.3. The molecule has 0 bridgehead atoms. The Hall–Kier alpha value is -2.86. The van der Waals surface area contributed by atoms with E-state index in [-0.39, 0.29) is 6.03 Å². The molecule has 124 valence electrons. The number of urea groups is 1. The van der Waals surface area contributed by atoms with Gasteiger partial charge in [-0.1, -0.05) is 36.4 Å². The van der Waals surface area contributed by atoms with Crippen LogP contribution in [-0.4, -0.2) is 42.9 Å². The van der Waals surface area contributed by atoms with E-state index in [4.69, 9.17) is 4.74 Å². The second-order valence-corrected chi connectivity index (χ2v) is 5.38. The molecule has 0 radical (unpaired) electrons. The van der Waals surface area contributed by atoms with Crippen molar-refractivity contribution in [3.8, 4) is 0 Å². The van der Waals surface area contributed by atoms with Crippen molar-refractivity contribution < 1.29 is 14.1 Å². The number of nitrogens with one attached hydrogen (secondary N) is 3. The summed E-state index contributed by atoms with van der Waals surface area (Å²) in [5.74, 6) is 0.651. The number of amides is 2. The second-order valence-electron chi connectivity index (χ2n) is 5.38. The lowest BCUT2D eigenvalue weighted by molar-refractivity contribution is -0.550. The number of hydrogen-bond acceptors (Lipinski definition) is 2. The van der Waals surface area contributed by atoms with Crippen LogP contribution in [-0.2, 0) is 4.74 Å². The van der Waals surface area contributed by atoms with Gasteiger partial charge < -0.3 is 4.74 Å². The van der Waals surface area contributed by atoms with Crippen LogP contribution in [0.5, 0.6) is 0 Å². The Morgan fingerprint density at radius 2 is 1.38 bits per heavy atom. The van der Waals surface area contributed by atoms with Crippen molar-refractivity contribution in [1.29, 1.82) is 0 Å². The molecule has 2 aromatic carbocycles. The van der Waals surface area contributed by atoms with Crippen LogP contribution in [0.3, 0.4) is 0 Å². The van der Waals surface area contributed by atoms with E-state index in [2.05, 4.69) is 20.5 Å². The Morgan fingerprint density at radius 1 is 0.833 bits per heavy atom. The van der Waals surface area contributed by atoms with Gasteiger partial charge in [0.15, 0.2) is 0 Å². The SMILES string of the molecule is O=C(NC(Nc1ccccc1)=[N+]1CCOCC1)Nc1ccccc1. The van der Waals surface area contributed by atoms with Crippen molar-refractivity contribution in [3.05, 3.63) is 60.7 Å². The quantitative estimate of drug-likeness (QED) is 0.586. The Bertz CT molecular complexity index is 693. The third-order valence-electron chi connectivity index (χ3n) is 3.63. The second kappa shape index (κ2) is 8.12. The summed E-state index contributed by atoms with van der Waals surface area (Å²) in [6, 6.07) is 18.8. The number of anilines is 2. The zero-order valence-electron chi connectivity index (χ0n) is 13.4. The number of rotatable bonds is 2. The molecule has 3 rings (SSSR count). The number of ether oxygens (including phenoxy) is 1. The van der Waals surface area contributed by atoms with Gasteiger partial charge in [-0.2, -0.15) is 5.32 Å². The number of hydrogen-bond donors (Lipinski definition) is 3. The molecule has 1 saturated heterocycles. The van der Waals surface area contributed by atoms with Crippen LogP contribution in [0.2, 0.25) is 0 Å². The molecule has 0 aliphatic carbocycles. The van der Waals surface area contributed by atoms with E-state index >= 15 is 0 Å². The first kappa shape index (κ1) is 16.0. The van der Waals surface area contributed by atoms with Gasteiger partial charge in [-0.3, -0.25) is 9.89 Å². The lowest BCUT2D eigenvalue weighted by Crippen LogP contribution is -2.47. The highest BCUT2D eigenvalue weighted by Gasteiger charge is 2.20. The first-order valence-corrected chi connectivity index (χ1v) is 7.96. The third kappa shape index (κ3) is 4.57. The molecule has 1 aliphatic rings. The van der Waals surface area contributed by atoms with Crippen LogP contribution in [0.1, 0.15) is 0 Å². The number of guanidine groups is 1. The van der Waals surface area contributed by atoms with Crippen LogP contribution < -0.4 is 16.0 Å². The molecule has 24 heavy (non-hydrogen) atoms. The van der Waals surface area contributed by atoms with Crippen LogP contribution in [0, 0.1) is 0 Å². The Balaban J connectivity index is 1.73. The average Bonchev–Trinajstić information content (AvgIpc) is 2.63. The number of carbonyl (C=O) groups is 1. The van der Waals surface area contributed by atoms with Crippen LogP contribution in [0.4, 0.5) is 16.2 Å². The van der Waals surface area contributed by atoms with Gasteiger partial charge in [-0.05, 0) is 24.3 Å².